The van der Waals surface area contributed by atoms with Crippen LogP contribution < -0.4 is 0 Å². The lowest BCUT2D eigenvalue weighted by Gasteiger charge is -2.45. The monoisotopic (exact) mass is 340 g/mol. The van der Waals surface area contributed by atoms with Gasteiger partial charge in [0.05, 0.1) is 12.1 Å². The zero-order valence-corrected chi connectivity index (χ0v) is 15.9. The molecule has 140 valence electrons. The predicted octanol–water partition coefficient (Wildman–Crippen LogP) is 0.316. The molecule has 0 aromatic carbocycles. The van der Waals surface area contributed by atoms with Crippen LogP contribution in [0.15, 0.2) is 0 Å². The fourth-order valence-electron chi connectivity index (χ4n) is 3.94. The number of likely N-dealkylation sites (N-methyl/N-ethyl adjacent to an activating group) is 1. The van der Waals surface area contributed by atoms with Gasteiger partial charge in [0.15, 0.2) is 0 Å². The van der Waals surface area contributed by atoms with Gasteiger partial charge in [-0.2, -0.15) is 0 Å². The fraction of sp³-hybridized carbons (Fsp3) is 0.944. The lowest BCUT2D eigenvalue weighted by atomic mass is 10.1. The summed E-state index contributed by atoms with van der Waals surface area (Å²) >= 11 is 0. The van der Waals surface area contributed by atoms with Gasteiger partial charge in [-0.05, 0) is 26.8 Å². The summed E-state index contributed by atoms with van der Waals surface area (Å²) in [6, 6.07) is 0.390. The molecule has 0 aromatic rings. The van der Waals surface area contributed by atoms with E-state index in [1.807, 2.05) is 11.8 Å². The molecule has 2 fully saturated rings. The number of amides is 1. The van der Waals surface area contributed by atoms with Crippen LogP contribution in [0.25, 0.3) is 0 Å². The summed E-state index contributed by atoms with van der Waals surface area (Å²) < 4.78 is 0. The van der Waals surface area contributed by atoms with E-state index in [0.29, 0.717) is 6.04 Å². The average molecular weight is 341 g/mol. The second-order valence-electron chi connectivity index (χ2n) is 7.34. The second-order valence-corrected chi connectivity index (χ2v) is 7.34. The number of carbonyl (C=O) groups is 1. The van der Waals surface area contributed by atoms with Crippen molar-refractivity contribution in [1.82, 2.24) is 19.6 Å². The number of carbonyl (C=O) groups excluding carboxylic acids is 1. The maximum absolute atomic E-state index is 12.9. The molecular formula is C18H36N4O2. The van der Waals surface area contributed by atoms with Crippen LogP contribution in [-0.4, -0.2) is 108 Å². The van der Waals surface area contributed by atoms with Crippen LogP contribution >= 0.6 is 0 Å². The lowest BCUT2D eigenvalue weighted by Crippen LogP contribution is -2.60. The van der Waals surface area contributed by atoms with Gasteiger partial charge in [0, 0.05) is 58.4 Å². The smallest absolute Gasteiger partial charge is 0.239 e. The standard InChI is InChI=1S/C18H36N4O2/c1-5-17-14-21(11-12-22(17)13-15(3)23)16(4)18(24)20-9-7-19(6-2)8-10-20/h15-17,23H,5-14H2,1-4H3. The van der Waals surface area contributed by atoms with Gasteiger partial charge in [0.25, 0.3) is 0 Å². The third-order valence-corrected chi connectivity index (χ3v) is 5.64. The van der Waals surface area contributed by atoms with E-state index in [0.717, 1.165) is 65.3 Å². The van der Waals surface area contributed by atoms with E-state index in [1.54, 1.807) is 0 Å². The summed E-state index contributed by atoms with van der Waals surface area (Å²) in [7, 11) is 0. The Morgan fingerprint density at radius 3 is 2.29 bits per heavy atom. The largest absolute Gasteiger partial charge is 0.392 e. The normalized spacial score (nSPS) is 27.2. The molecule has 2 aliphatic rings. The molecule has 0 aromatic heterocycles. The number of aliphatic hydroxyl groups excluding tert-OH is 1. The van der Waals surface area contributed by atoms with Gasteiger partial charge in [-0.3, -0.25) is 14.6 Å². The number of rotatable bonds is 6. The molecule has 3 atom stereocenters. The van der Waals surface area contributed by atoms with Crippen molar-refractivity contribution in [1.29, 1.82) is 0 Å². The molecule has 24 heavy (non-hydrogen) atoms. The van der Waals surface area contributed by atoms with Crippen molar-refractivity contribution in [3.63, 3.8) is 0 Å². The molecule has 2 saturated heterocycles. The number of piperazine rings is 2. The molecule has 0 aliphatic carbocycles. The minimum absolute atomic E-state index is 0.0408. The molecule has 3 unspecified atom stereocenters. The van der Waals surface area contributed by atoms with Gasteiger partial charge < -0.3 is 14.9 Å². The van der Waals surface area contributed by atoms with E-state index in [9.17, 15) is 9.90 Å². The highest BCUT2D eigenvalue weighted by molar-refractivity contribution is 5.81. The second kappa shape index (κ2) is 9.13. The summed E-state index contributed by atoms with van der Waals surface area (Å²) in [4.78, 5) is 22.0. The third-order valence-electron chi connectivity index (χ3n) is 5.64. The number of hydrogen-bond acceptors (Lipinski definition) is 5. The van der Waals surface area contributed by atoms with Crippen molar-refractivity contribution < 1.29 is 9.90 Å². The van der Waals surface area contributed by atoms with Crippen LogP contribution in [0.2, 0.25) is 0 Å². The zero-order valence-electron chi connectivity index (χ0n) is 15.9. The fourth-order valence-corrected chi connectivity index (χ4v) is 3.94. The first-order valence-corrected chi connectivity index (χ1v) is 9.63. The van der Waals surface area contributed by atoms with Crippen molar-refractivity contribution in [2.45, 2.75) is 52.3 Å². The van der Waals surface area contributed by atoms with Crippen molar-refractivity contribution in [3.05, 3.63) is 0 Å². The van der Waals surface area contributed by atoms with Crippen molar-refractivity contribution in [3.8, 4) is 0 Å². The SMILES string of the molecule is CCC1CN(C(C)C(=O)N2CCN(CC)CC2)CCN1CC(C)O. The molecule has 6 nitrogen and oxygen atoms in total. The van der Waals surface area contributed by atoms with E-state index < -0.39 is 0 Å². The molecule has 6 heteroatoms. The molecule has 0 spiro atoms. The van der Waals surface area contributed by atoms with Crippen molar-refractivity contribution in [2.75, 3.05) is 58.9 Å². The first-order valence-electron chi connectivity index (χ1n) is 9.63. The number of β-amino-alcohol motifs (C(OH)–C–C–N with tert-alkyl or cyclic N) is 1. The third kappa shape index (κ3) is 4.91. The maximum Gasteiger partial charge on any atom is 0.239 e. The van der Waals surface area contributed by atoms with Crippen LogP contribution in [0.5, 0.6) is 0 Å². The van der Waals surface area contributed by atoms with Gasteiger partial charge in [0.2, 0.25) is 5.91 Å². The highest BCUT2D eigenvalue weighted by Gasteiger charge is 2.33. The summed E-state index contributed by atoms with van der Waals surface area (Å²) in [5.74, 6) is 0.282. The predicted molar refractivity (Wildman–Crippen MR) is 97.1 cm³/mol. The molecule has 0 saturated carbocycles. The molecule has 0 radical (unpaired) electrons. The number of nitrogens with zero attached hydrogens (tertiary/aromatic N) is 4. The number of hydrogen-bond donors (Lipinski definition) is 1. The highest BCUT2D eigenvalue weighted by Crippen LogP contribution is 2.17. The Morgan fingerprint density at radius 1 is 1.08 bits per heavy atom. The Morgan fingerprint density at radius 2 is 1.75 bits per heavy atom. The summed E-state index contributed by atoms with van der Waals surface area (Å²) in [6.07, 6.45) is 0.763. The minimum atomic E-state index is -0.292. The zero-order chi connectivity index (χ0) is 17.7. The first-order chi connectivity index (χ1) is 11.5. The van der Waals surface area contributed by atoms with Gasteiger partial charge in [0.1, 0.15) is 0 Å². The van der Waals surface area contributed by atoms with Crippen LogP contribution in [0.3, 0.4) is 0 Å². The molecule has 1 N–H and O–H groups in total. The highest BCUT2D eigenvalue weighted by atomic mass is 16.3. The number of aliphatic hydroxyl groups is 1. The first kappa shape index (κ1) is 19.6. The van der Waals surface area contributed by atoms with Gasteiger partial charge in [-0.15, -0.1) is 0 Å². The van der Waals surface area contributed by atoms with Gasteiger partial charge in [-0.25, -0.2) is 0 Å². The van der Waals surface area contributed by atoms with Crippen LogP contribution in [0.1, 0.15) is 34.1 Å². The van der Waals surface area contributed by atoms with Crippen LogP contribution in [0.4, 0.5) is 0 Å². The Hall–Kier alpha value is -0.690. The summed E-state index contributed by atoms with van der Waals surface area (Å²) in [6.45, 7) is 16.6. The van der Waals surface area contributed by atoms with E-state index in [4.69, 9.17) is 0 Å². The van der Waals surface area contributed by atoms with E-state index in [1.165, 1.54) is 0 Å². The molecule has 2 heterocycles. The Bertz CT molecular complexity index is 396. The Balaban J connectivity index is 1.88. The average Bonchev–Trinajstić information content (AvgIpc) is 2.60. The lowest BCUT2D eigenvalue weighted by molar-refractivity contribution is -0.139. The van der Waals surface area contributed by atoms with Crippen LogP contribution in [0, 0.1) is 0 Å². The molecule has 2 rings (SSSR count). The van der Waals surface area contributed by atoms with E-state index >= 15 is 0 Å². The van der Waals surface area contributed by atoms with Crippen molar-refractivity contribution >= 4 is 5.91 Å². The molecular weight excluding hydrogens is 304 g/mol. The van der Waals surface area contributed by atoms with E-state index in [2.05, 4.69) is 35.5 Å². The molecule has 1 amide bonds. The minimum Gasteiger partial charge on any atom is -0.392 e. The quantitative estimate of drug-likeness (QED) is 0.754. The van der Waals surface area contributed by atoms with Gasteiger partial charge in [-0.1, -0.05) is 13.8 Å². The van der Waals surface area contributed by atoms with Crippen molar-refractivity contribution in [2.24, 2.45) is 0 Å². The maximum atomic E-state index is 12.9. The van der Waals surface area contributed by atoms with Crippen LogP contribution in [-0.2, 0) is 4.79 Å². The Kier molecular flexibility index (Phi) is 7.47. The van der Waals surface area contributed by atoms with E-state index in [-0.39, 0.29) is 18.1 Å². The summed E-state index contributed by atoms with van der Waals surface area (Å²) in [5, 5.41) is 9.67. The Labute approximate surface area is 147 Å². The molecule has 2 aliphatic heterocycles. The topological polar surface area (TPSA) is 50.3 Å². The summed E-state index contributed by atoms with van der Waals surface area (Å²) in [5.41, 5.74) is 0. The molecule has 0 bridgehead atoms. The van der Waals surface area contributed by atoms with Gasteiger partial charge >= 0.3 is 0 Å².